The molecular formula is C10H10N4OS. The Balaban J connectivity index is 1.98. The van der Waals surface area contributed by atoms with E-state index in [1.54, 1.807) is 24.4 Å². The van der Waals surface area contributed by atoms with Crippen LogP contribution in [0.2, 0.25) is 0 Å². The third-order valence-corrected chi connectivity index (χ3v) is 2.75. The average Bonchev–Trinajstić information content (AvgIpc) is 2.81. The summed E-state index contributed by atoms with van der Waals surface area (Å²) in [5.74, 6) is 0.229. The SMILES string of the molecule is Nc1cccnc1NNC(=O)c1cccs1. The van der Waals surface area contributed by atoms with Crippen LogP contribution in [-0.4, -0.2) is 10.9 Å². The zero-order valence-electron chi connectivity index (χ0n) is 8.31. The van der Waals surface area contributed by atoms with E-state index in [1.165, 1.54) is 11.3 Å². The molecule has 0 saturated carbocycles. The highest BCUT2D eigenvalue weighted by atomic mass is 32.1. The first-order valence-electron chi connectivity index (χ1n) is 4.58. The van der Waals surface area contributed by atoms with Gasteiger partial charge in [-0.2, -0.15) is 0 Å². The Morgan fingerprint density at radius 2 is 2.25 bits per heavy atom. The maximum atomic E-state index is 11.6. The molecule has 82 valence electrons. The van der Waals surface area contributed by atoms with E-state index in [4.69, 9.17) is 5.73 Å². The molecule has 2 rings (SSSR count). The van der Waals surface area contributed by atoms with Gasteiger partial charge in [-0.25, -0.2) is 4.98 Å². The molecule has 0 fully saturated rings. The quantitative estimate of drug-likeness (QED) is 0.703. The molecule has 0 saturated heterocycles. The van der Waals surface area contributed by atoms with Gasteiger partial charge in [-0.15, -0.1) is 11.3 Å². The fraction of sp³-hybridized carbons (Fsp3) is 0. The summed E-state index contributed by atoms with van der Waals surface area (Å²) >= 11 is 1.37. The lowest BCUT2D eigenvalue weighted by Crippen LogP contribution is -2.29. The monoisotopic (exact) mass is 234 g/mol. The summed E-state index contributed by atoms with van der Waals surface area (Å²) in [7, 11) is 0. The van der Waals surface area contributed by atoms with Gasteiger partial charge in [0, 0.05) is 6.20 Å². The molecule has 1 amide bonds. The first-order valence-corrected chi connectivity index (χ1v) is 5.45. The van der Waals surface area contributed by atoms with Crippen molar-refractivity contribution in [3.05, 3.63) is 40.7 Å². The number of carbonyl (C=O) groups is 1. The number of thiophene rings is 1. The minimum Gasteiger partial charge on any atom is -0.396 e. The second-order valence-electron chi connectivity index (χ2n) is 3.00. The van der Waals surface area contributed by atoms with Crippen molar-refractivity contribution in [2.45, 2.75) is 0 Å². The predicted molar refractivity (Wildman–Crippen MR) is 64.1 cm³/mol. The number of nitrogens with zero attached hydrogens (tertiary/aromatic N) is 1. The summed E-state index contributed by atoms with van der Waals surface area (Å²) in [6.07, 6.45) is 1.59. The van der Waals surface area contributed by atoms with Gasteiger partial charge in [0.1, 0.15) is 0 Å². The normalized spacial score (nSPS) is 9.75. The number of anilines is 2. The lowest BCUT2D eigenvalue weighted by atomic mass is 10.4. The van der Waals surface area contributed by atoms with E-state index < -0.39 is 0 Å². The molecule has 0 atom stereocenters. The van der Waals surface area contributed by atoms with Crippen LogP contribution in [0.25, 0.3) is 0 Å². The zero-order valence-corrected chi connectivity index (χ0v) is 9.12. The maximum absolute atomic E-state index is 11.6. The summed E-state index contributed by atoms with van der Waals surface area (Å²) in [6, 6.07) is 6.98. The molecule has 0 aliphatic rings. The second kappa shape index (κ2) is 4.63. The van der Waals surface area contributed by atoms with Gasteiger partial charge >= 0.3 is 0 Å². The number of nitrogen functional groups attached to an aromatic ring is 1. The van der Waals surface area contributed by atoms with Crippen LogP contribution >= 0.6 is 11.3 Å². The third kappa shape index (κ3) is 2.29. The summed E-state index contributed by atoms with van der Waals surface area (Å²) in [4.78, 5) is 16.2. The highest BCUT2D eigenvalue weighted by molar-refractivity contribution is 7.12. The first kappa shape index (κ1) is 10.4. The Hall–Kier alpha value is -2.08. The minimum absolute atomic E-state index is 0.208. The smallest absolute Gasteiger partial charge is 0.279 e. The topological polar surface area (TPSA) is 80.0 Å². The Bertz CT molecular complexity index is 483. The number of pyridine rings is 1. The number of hydrogen-bond donors (Lipinski definition) is 3. The molecule has 16 heavy (non-hydrogen) atoms. The van der Waals surface area contributed by atoms with Gasteiger partial charge < -0.3 is 5.73 Å². The number of amides is 1. The molecule has 2 aromatic rings. The first-order chi connectivity index (χ1) is 7.77. The van der Waals surface area contributed by atoms with Crippen LogP contribution in [0.3, 0.4) is 0 Å². The fourth-order valence-corrected chi connectivity index (χ4v) is 1.73. The summed E-state index contributed by atoms with van der Waals surface area (Å²) < 4.78 is 0. The van der Waals surface area contributed by atoms with Crippen molar-refractivity contribution in [3.8, 4) is 0 Å². The van der Waals surface area contributed by atoms with Crippen LogP contribution in [0.15, 0.2) is 35.8 Å². The molecule has 0 aromatic carbocycles. The largest absolute Gasteiger partial charge is 0.396 e. The highest BCUT2D eigenvalue weighted by Gasteiger charge is 2.06. The molecule has 6 heteroatoms. The lowest BCUT2D eigenvalue weighted by molar-refractivity contribution is 0.0966. The number of hydrazine groups is 1. The Morgan fingerprint density at radius 1 is 1.38 bits per heavy atom. The number of carbonyl (C=O) groups excluding carboxylic acids is 1. The third-order valence-electron chi connectivity index (χ3n) is 1.88. The molecule has 2 aromatic heterocycles. The minimum atomic E-state index is -0.208. The van der Waals surface area contributed by atoms with Crippen LogP contribution in [0.5, 0.6) is 0 Å². The van der Waals surface area contributed by atoms with E-state index in [0.29, 0.717) is 16.4 Å². The number of rotatable bonds is 3. The molecule has 0 aliphatic heterocycles. The molecule has 0 aliphatic carbocycles. The highest BCUT2D eigenvalue weighted by Crippen LogP contribution is 2.12. The van der Waals surface area contributed by atoms with E-state index in [1.807, 2.05) is 11.4 Å². The molecule has 0 bridgehead atoms. The zero-order chi connectivity index (χ0) is 11.4. The van der Waals surface area contributed by atoms with E-state index in [0.717, 1.165) is 0 Å². The second-order valence-corrected chi connectivity index (χ2v) is 3.95. The van der Waals surface area contributed by atoms with E-state index >= 15 is 0 Å². The Morgan fingerprint density at radius 3 is 2.94 bits per heavy atom. The van der Waals surface area contributed by atoms with Crippen molar-refractivity contribution in [3.63, 3.8) is 0 Å². The standard InChI is InChI=1S/C10H10N4OS/c11-7-3-1-5-12-9(7)13-14-10(15)8-4-2-6-16-8/h1-6H,11H2,(H,12,13)(H,14,15). The fourth-order valence-electron chi connectivity index (χ4n) is 1.11. The Labute approximate surface area is 96.3 Å². The van der Waals surface area contributed by atoms with Crippen molar-refractivity contribution in [2.24, 2.45) is 0 Å². The van der Waals surface area contributed by atoms with Crippen molar-refractivity contribution in [1.82, 2.24) is 10.4 Å². The van der Waals surface area contributed by atoms with Gasteiger partial charge in [-0.3, -0.25) is 15.6 Å². The maximum Gasteiger partial charge on any atom is 0.279 e. The molecule has 0 spiro atoms. The van der Waals surface area contributed by atoms with Gasteiger partial charge in [-0.05, 0) is 23.6 Å². The van der Waals surface area contributed by atoms with Gasteiger partial charge in [0.15, 0.2) is 5.82 Å². The molecule has 5 nitrogen and oxygen atoms in total. The summed E-state index contributed by atoms with van der Waals surface area (Å²) in [5.41, 5.74) is 11.3. The van der Waals surface area contributed by atoms with Crippen LogP contribution in [-0.2, 0) is 0 Å². The van der Waals surface area contributed by atoms with Crippen molar-refractivity contribution < 1.29 is 4.79 Å². The van der Waals surface area contributed by atoms with Gasteiger partial charge in [0.2, 0.25) is 0 Å². The Kier molecular flexibility index (Phi) is 3.02. The van der Waals surface area contributed by atoms with Crippen LogP contribution in [0, 0.1) is 0 Å². The van der Waals surface area contributed by atoms with Crippen molar-refractivity contribution in [1.29, 1.82) is 0 Å². The summed E-state index contributed by atoms with van der Waals surface area (Å²) in [5, 5.41) is 1.84. The molecular weight excluding hydrogens is 224 g/mol. The number of nitrogens with two attached hydrogens (primary N) is 1. The molecule has 0 unspecified atom stereocenters. The summed E-state index contributed by atoms with van der Waals surface area (Å²) in [6.45, 7) is 0. The van der Waals surface area contributed by atoms with Gasteiger partial charge in [0.25, 0.3) is 5.91 Å². The van der Waals surface area contributed by atoms with Crippen LogP contribution in [0.1, 0.15) is 9.67 Å². The van der Waals surface area contributed by atoms with E-state index in [-0.39, 0.29) is 5.91 Å². The molecule has 4 N–H and O–H groups in total. The van der Waals surface area contributed by atoms with Gasteiger partial charge in [0.05, 0.1) is 10.6 Å². The number of aromatic nitrogens is 1. The molecule has 0 radical (unpaired) electrons. The average molecular weight is 234 g/mol. The van der Waals surface area contributed by atoms with Crippen LogP contribution in [0.4, 0.5) is 11.5 Å². The number of nitrogens with one attached hydrogen (secondary N) is 2. The van der Waals surface area contributed by atoms with Crippen LogP contribution < -0.4 is 16.6 Å². The lowest BCUT2D eigenvalue weighted by Gasteiger charge is -2.08. The van der Waals surface area contributed by atoms with E-state index in [9.17, 15) is 4.79 Å². The molecule has 2 heterocycles. The van der Waals surface area contributed by atoms with Crippen molar-refractivity contribution in [2.75, 3.05) is 11.2 Å². The van der Waals surface area contributed by atoms with E-state index in [2.05, 4.69) is 15.8 Å². The predicted octanol–water partition coefficient (Wildman–Crippen LogP) is 1.48. The van der Waals surface area contributed by atoms with Crippen molar-refractivity contribution >= 4 is 28.7 Å². The number of hydrogen-bond acceptors (Lipinski definition) is 5. The van der Waals surface area contributed by atoms with Gasteiger partial charge in [-0.1, -0.05) is 6.07 Å².